The number of carbonyl (C=O) groups excluding carboxylic acids is 1. The second-order valence-corrected chi connectivity index (χ2v) is 8.15. The first-order valence-corrected chi connectivity index (χ1v) is 9.63. The van der Waals surface area contributed by atoms with Crippen molar-refractivity contribution in [2.75, 3.05) is 7.11 Å². The van der Waals surface area contributed by atoms with Gasteiger partial charge in [-0.2, -0.15) is 0 Å². The summed E-state index contributed by atoms with van der Waals surface area (Å²) in [6.07, 6.45) is 4.38. The third kappa shape index (κ3) is 3.41. The summed E-state index contributed by atoms with van der Waals surface area (Å²) in [5.74, 6) is -0.894. The lowest BCUT2D eigenvalue weighted by atomic mass is 9.99. The molecule has 0 radical (unpaired) electrons. The third-order valence-electron chi connectivity index (χ3n) is 4.63. The molecule has 1 aromatic carbocycles. The van der Waals surface area contributed by atoms with Crippen LogP contribution >= 0.6 is 22.6 Å². The van der Waals surface area contributed by atoms with Crippen molar-refractivity contribution >= 4 is 39.5 Å². The number of methoxy groups -OCH3 is 1. The summed E-state index contributed by atoms with van der Waals surface area (Å²) in [5.41, 5.74) is 4.23. The van der Waals surface area contributed by atoms with E-state index in [1.165, 1.54) is 16.1 Å². The number of benzene rings is 1. The van der Waals surface area contributed by atoms with E-state index in [0.717, 1.165) is 22.2 Å². The molecule has 0 fully saturated rings. The molecule has 0 unspecified atom stereocenters. The van der Waals surface area contributed by atoms with Crippen molar-refractivity contribution in [3.63, 3.8) is 0 Å². The minimum Gasteiger partial charge on any atom is -0.464 e. The SMILES string of the molecule is COC(=O)c1ncc(Cc2c[nH]c3ccc(I)cc23)c2c1OC(C)(C)OC2. The van der Waals surface area contributed by atoms with Crippen molar-refractivity contribution < 1.29 is 19.0 Å². The Kier molecular flexibility index (Phi) is 4.59. The van der Waals surface area contributed by atoms with Crippen LogP contribution in [0.1, 0.15) is 41.0 Å². The standard InChI is InChI=1S/C20H19IN2O4/c1-20(2)26-10-15-12(9-23-17(18(15)27-20)19(24)25-3)6-11-8-22-16-5-4-13(21)7-14(11)16/h4-5,7-9,22H,6,10H2,1-3H3. The number of fused-ring (bicyclic) bond motifs is 2. The molecule has 1 N–H and O–H groups in total. The van der Waals surface area contributed by atoms with Gasteiger partial charge in [0.05, 0.1) is 13.7 Å². The van der Waals surface area contributed by atoms with Crippen LogP contribution in [0.2, 0.25) is 0 Å². The zero-order valence-electron chi connectivity index (χ0n) is 15.3. The average Bonchev–Trinajstić information content (AvgIpc) is 3.02. The van der Waals surface area contributed by atoms with Gasteiger partial charge in [-0.05, 0) is 51.9 Å². The van der Waals surface area contributed by atoms with Crippen LogP contribution in [0, 0.1) is 3.57 Å². The molecule has 0 saturated carbocycles. The number of nitrogens with one attached hydrogen (secondary N) is 1. The van der Waals surface area contributed by atoms with E-state index < -0.39 is 11.8 Å². The molecule has 0 spiro atoms. The van der Waals surface area contributed by atoms with Gasteiger partial charge in [0.15, 0.2) is 11.4 Å². The molecule has 3 aromatic rings. The van der Waals surface area contributed by atoms with Gasteiger partial charge in [0.2, 0.25) is 5.79 Å². The number of halogens is 1. The molecule has 0 atom stereocenters. The Bertz CT molecular complexity index is 1040. The highest BCUT2D eigenvalue weighted by Crippen LogP contribution is 2.37. The lowest BCUT2D eigenvalue weighted by Crippen LogP contribution is -2.37. The Hall–Kier alpha value is -2.13. The van der Waals surface area contributed by atoms with E-state index in [1.54, 1.807) is 6.20 Å². The minimum atomic E-state index is -0.826. The van der Waals surface area contributed by atoms with Crippen molar-refractivity contribution in [2.45, 2.75) is 32.7 Å². The first kappa shape index (κ1) is 18.2. The van der Waals surface area contributed by atoms with Gasteiger partial charge in [0.1, 0.15) is 0 Å². The molecule has 1 aliphatic rings. The number of aromatic amines is 1. The molecular weight excluding hydrogens is 459 g/mol. The number of rotatable bonds is 3. The highest BCUT2D eigenvalue weighted by Gasteiger charge is 2.33. The minimum absolute atomic E-state index is 0.182. The highest BCUT2D eigenvalue weighted by molar-refractivity contribution is 14.1. The molecule has 0 aliphatic carbocycles. The van der Waals surface area contributed by atoms with E-state index in [4.69, 9.17) is 14.2 Å². The molecule has 140 valence electrons. The van der Waals surface area contributed by atoms with E-state index in [-0.39, 0.29) is 5.69 Å². The number of hydrogen-bond donors (Lipinski definition) is 1. The lowest BCUT2D eigenvalue weighted by molar-refractivity contribution is -0.180. The maximum Gasteiger partial charge on any atom is 0.360 e. The van der Waals surface area contributed by atoms with Crippen molar-refractivity contribution in [2.24, 2.45) is 0 Å². The summed E-state index contributed by atoms with van der Waals surface area (Å²) in [7, 11) is 1.34. The quantitative estimate of drug-likeness (QED) is 0.452. The molecule has 3 heterocycles. The highest BCUT2D eigenvalue weighted by atomic mass is 127. The maximum absolute atomic E-state index is 12.1. The smallest absolute Gasteiger partial charge is 0.360 e. The zero-order valence-corrected chi connectivity index (χ0v) is 17.4. The van der Waals surface area contributed by atoms with Crippen LogP contribution in [-0.4, -0.2) is 28.8 Å². The summed E-state index contributed by atoms with van der Waals surface area (Å²) in [6, 6.07) is 6.30. The number of esters is 1. The first-order chi connectivity index (χ1) is 12.9. The molecule has 4 rings (SSSR count). The molecule has 0 saturated heterocycles. The number of nitrogens with zero attached hydrogens (tertiary/aromatic N) is 1. The van der Waals surface area contributed by atoms with Crippen molar-refractivity contribution in [3.8, 4) is 5.75 Å². The summed E-state index contributed by atoms with van der Waals surface area (Å²) < 4.78 is 17.8. The van der Waals surface area contributed by atoms with Gasteiger partial charge < -0.3 is 19.2 Å². The Labute approximate surface area is 170 Å². The number of carbonyl (C=O) groups is 1. The van der Waals surface area contributed by atoms with Crippen LogP contribution in [-0.2, 0) is 22.5 Å². The van der Waals surface area contributed by atoms with Crippen LogP contribution in [0.3, 0.4) is 0 Å². The fraction of sp³-hybridized carbons (Fsp3) is 0.300. The Morgan fingerprint density at radius 1 is 1.37 bits per heavy atom. The van der Waals surface area contributed by atoms with Crippen LogP contribution in [0.5, 0.6) is 5.75 Å². The van der Waals surface area contributed by atoms with Gasteiger partial charge in [-0.15, -0.1) is 0 Å². The maximum atomic E-state index is 12.1. The average molecular weight is 478 g/mol. The first-order valence-electron chi connectivity index (χ1n) is 8.55. The van der Waals surface area contributed by atoms with E-state index >= 15 is 0 Å². The number of pyridine rings is 1. The van der Waals surface area contributed by atoms with Crippen molar-refractivity contribution in [1.29, 1.82) is 0 Å². The summed E-state index contributed by atoms with van der Waals surface area (Å²) >= 11 is 2.31. The predicted molar refractivity (Wildman–Crippen MR) is 109 cm³/mol. The molecule has 6 nitrogen and oxygen atoms in total. The van der Waals surface area contributed by atoms with E-state index in [0.29, 0.717) is 18.8 Å². The normalized spacial score (nSPS) is 15.3. The van der Waals surface area contributed by atoms with Crippen molar-refractivity contribution in [1.82, 2.24) is 9.97 Å². The third-order valence-corrected chi connectivity index (χ3v) is 5.30. The molecule has 1 aliphatic heterocycles. The summed E-state index contributed by atoms with van der Waals surface area (Å²) in [4.78, 5) is 19.8. The molecule has 0 amide bonds. The van der Waals surface area contributed by atoms with Crippen LogP contribution in [0.25, 0.3) is 10.9 Å². The second kappa shape index (κ2) is 6.79. The zero-order chi connectivity index (χ0) is 19.2. The Morgan fingerprint density at radius 2 is 2.19 bits per heavy atom. The van der Waals surface area contributed by atoms with Crippen LogP contribution < -0.4 is 4.74 Å². The van der Waals surface area contributed by atoms with Crippen LogP contribution in [0.4, 0.5) is 0 Å². The van der Waals surface area contributed by atoms with Gasteiger partial charge >= 0.3 is 5.97 Å². The van der Waals surface area contributed by atoms with Gasteiger partial charge in [0.25, 0.3) is 0 Å². The van der Waals surface area contributed by atoms with Crippen molar-refractivity contribution in [3.05, 3.63) is 56.5 Å². The predicted octanol–water partition coefficient (Wildman–Crippen LogP) is 4.19. The summed E-state index contributed by atoms with van der Waals surface area (Å²) in [5, 5.41) is 1.17. The monoisotopic (exact) mass is 478 g/mol. The van der Waals surface area contributed by atoms with E-state index in [2.05, 4.69) is 50.8 Å². The lowest BCUT2D eigenvalue weighted by Gasteiger charge is -2.34. The Morgan fingerprint density at radius 3 is 2.96 bits per heavy atom. The van der Waals surface area contributed by atoms with E-state index in [1.807, 2.05) is 20.0 Å². The molecular formula is C20H19IN2O4. The van der Waals surface area contributed by atoms with Gasteiger partial charge in [0, 0.05) is 52.7 Å². The fourth-order valence-electron chi connectivity index (χ4n) is 3.25. The number of aromatic nitrogens is 2. The van der Waals surface area contributed by atoms with Gasteiger partial charge in [-0.1, -0.05) is 0 Å². The molecule has 2 aromatic heterocycles. The number of H-pyrrole nitrogens is 1. The second-order valence-electron chi connectivity index (χ2n) is 6.90. The van der Waals surface area contributed by atoms with Gasteiger partial charge in [-0.25, -0.2) is 9.78 Å². The molecule has 27 heavy (non-hydrogen) atoms. The number of ether oxygens (including phenoxy) is 3. The molecule has 0 bridgehead atoms. The summed E-state index contributed by atoms with van der Waals surface area (Å²) in [6.45, 7) is 3.97. The molecule has 7 heteroatoms. The fourth-order valence-corrected chi connectivity index (χ4v) is 3.74. The topological polar surface area (TPSA) is 73.4 Å². The number of hydrogen-bond acceptors (Lipinski definition) is 5. The van der Waals surface area contributed by atoms with Gasteiger partial charge in [-0.3, -0.25) is 0 Å². The largest absolute Gasteiger partial charge is 0.464 e. The van der Waals surface area contributed by atoms with E-state index in [9.17, 15) is 4.79 Å². The Balaban J connectivity index is 1.79. The van der Waals surface area contributed by atoms with Crippen LogP contribution in [0.15, 0.2) is 30.6 Å².